The first-order valence-corrected chi connectivity index (χ1v) is 12.9. The van der Waals surface area contributed by atoms with Gasteiger partial charge in [0.25, 0.3) is 11.8 Å². The third kappa shape index (κ3) is 10.3. The summed E-state index contributed by atoms with van der Waals surface area (Å²) in [6.45, 7) is 4.25. The van der Waals surface area contributed by atoms with Crippen LogP contribution in [0.1, 0.15) is 35.3 Å². The minimum absolute atomic E-state index is 0. The van der Waals surface area contributed by atoms with Gasteiger partial charge in [-0.05, 0) is 79.6 Å². The molecule has 9 heteroatoms. The molecule has 0 saturated carbocycles. The van der Waals surface area contributed by atoms with Crippen molar-refractivity contribution in [1.29, 1.82) is 0 Å². The summed E-state index contributed by atoms with van der Waals surface area (Å²) >= 11 is 0. The molecule has 2 amide bonds. The number of anilines is 1. The van der Waals surface area contributed by atoms with Crippen LogP contribution in [0.4, 0.5) is 5.69 Å². The number of nitrogens with zero attached hydrogens (tertiary/aromatic N) is 1. The van der Waals surface area contributed by atoms with Gasteiger partial charge in [0.1, 0.15) is 17.2 Å². The Morgan fingerprint density at radius 1 is 0.925 bits per heavy atom. The third-order valence-corrected chi connectivity index (χ3v) is 5.68. The summed E-state index contributed by atoms with van der Waals surface area (Å²) in [5, 5.41) is 14.4. The average Bonchev–Trinajstić information content (AvgIpc) is 2.92. The van der Waals surface area contributed by atoms with Crippen molar-refractivity contribution >= 4 is 36.0 Å². The largest absolute Gasteiger partial charge is 0.493 e. The highest BCUT2D eigenvalue weighted by Gasteiger charge is 2.15. The normalized spacial score (nSPS) is 10.9. The topological polar surface area (TPSA) is 100 Å². The summed E-state index contributed by atoms with van der Waals surface area (Å²) in [5.74, 6) is 0.421. The van der Waals surface area contributed by atoms with E-state index in [0.717, 1.165) is 12.1 Å². The molecule has 0 aliphatic heterocycles. The molecule has 3 rings (SSSR count). The summed E-state index contributed by atoms with van der Waals surface area (Å²) in [5.41, 5.74) is 3.47. The van der Waals surface area contributed by atoms with Crippen molar-refractivity contribution in [3.05, 3.63) is 95.2 Å². The minimum atomic E-state index is -0.501. The predicted octanol–water partition coefficient (Wildman–Crippen LogP) is 4.46. The van der Waals surface area contributed by atoms with Gasteiger partial charge in [0.15, 0.2) is 0 Å². The summed E-state index contributed by atoms with van der Waals surface area (Å²) in [4.78, 5) is 27.7. The molecule has 3 N–H and O–H groups in total. The van der Waals surface area contributed by atoms with Gasteiger partial charge < -0.3 is 30.1 Å². The van der Waals surface area contributed by atoms with E-state index in [9.17, 15) is 9.59 Å². The fourth-order valence-corrected chi connectivity index (χ4v) is 3.65. The first-order valence-electron chi connectivity index (χ1n) is 12.9. The van der Waals surface area contributed by atoms with E-state index in [0.29, 0.717) is 29.2 Å². The number of hydrogen-bond acceptors (Lipinski definition) is 6. The number of carbonyl (C=O) groups excluding carboxylic acids is 2. The van der Waals surface area contributed by atoms with Gasteiger partial charge in [0.2, 0.25) is 0 Å². The number of carbonyl (C=O) groups is 2. The Hall–Kier alpha value is -4.01. The molecule has 3 aromatic rings. The Bertz CT molecular complexity index is 1240. The lowest BCUT2D eigenvalue weighted by Crippen LogP contribution is -2.36. The maximum atomic E-state index is 12.9. The van der Waals surface area contributed by atoms with Crippen LogP contribution in [0.2, 0.25) is 0 Å². The average molecular weight is 568 g/mol. The number of aliphatic hydroxyl groups excluding tert-OH is 1. The molecule has 0 radical (unpaired) electrons. The van der Waals surface area contributed by atoms with Crippen LogP contribution < -0.4 is 25.0 Å². The van der Waals surface area contributed by atoms with Gasteiger partial charge >= 0.3 is 0 Å². The molecule has 0 aromatic heterocycles. The lowest BCUT2D eigenvalue weighted by atomic mass is 10.1. The van der Waals surface area contributed by atoms with Crippen LogP contribution in [-0.4, -0.2) is 56.9 Å². The van der Waals surface area contributed by atoms with E-state index < -0.39 is 11.8 Å². The van der Waals surface area contributed by atoms with Crippen molar-refractivity contribution in [1.82, 2.24) is 10.6 Å². The summed E-state index contributed by atoms with van der Waals surface area (Å²) in [7, 11) is 4.01. The Morgan fingerprint density at radius 3 is 2.12 bits per heavy atom. The van der Waals surface area contributed by atoms with Crippen molar-refractivity contribution in [3.63, 3.8) is 0 Å². The molecule has 8 nitrogen and oxygen atoms in total. The van der Waals surface area contributed by atoms with Crippen LogP contribution in [0.3, 0.4) is 0 Å². The fourth-order valence-electron chi connectivity index (χ4n) is 3.65. The molecule has 0 fully saturated rings. The van der Waals surface area contributed by atoms with Crippen LogP contribution in [0.5, 0.6) is 11.5 Å². The number of halogens is 1. The zero-order chi connectivity index (χ0) is 28.2. The highest BCUT2D eigenvalue weighted by Crippen LogP contribution is 2.17. The predicted molar refractivity (Wildman–Crippen MR) is 161 cm³/mol. The van der Waals surface area contributed by atoms with Gasteiger partial charge in [-0.2, -0.15) is 0 Å². The monoisotopic (exact) mass is 567 g/mol. The molecule has 0 saturated heterocycles. The molecule has 0 aliphatic rings. The van der Waals surface area contributed by atoms with Crippen LogP contribution >= 0.6 is 12.4 Å². The first-order chi connectivity index (χ1) is 18.7. The zero-order valence-corrected chi connectivity index (χ0v) is 24.2. The number of rotatable bonds is 13. The molecule has 3 aromatic carbocycles. The van der Waals surface area contributed by atoms with E-state index in [2.05, 4.69) is 39.8 Å². The molecule has 0 atom stereocenters. The van der Waals surface area contributed by atoms with E-state index in [1.807, 2.05) is 27.9 Å². The molecular weight excluding hydrogens is 530 g/mol. The van der Waals surface area contributed by atoms with Crippen molar-refractivity contribution in [2.75, 3.05) is 38.8 Å². The standard InChI is InChI=1S/C31H37N3O5.ClH/c1-22(2)39-28-13-7-24(8-14-28)21-29(31(37)32-18-19-35)33-30(36)25-9-15-27(16-10-25)38-20-17-23-5-11-26(12-6-23)34(3)4;/h5-16,21-22,35H,17-20H2,1-4H3,(H,32,37)(H,33,36);1H/b29-21+;. The number of benzene rings is 3. The van der Waals surface area contributed by atoms with E-state index >= 15 is 0 Å². The molecule has 0 unspecified atom stereocenters. The smallest absolute Gasteiger partial charge is 0.267 e. The lowest BCUT2D eigenvalue weighted by Gasteiger charge is -2.13. The summed E-state index contributed by atoms with van der Waals surface area (Å²) < 4.78 is 11.5. The van der Waals surface area contributed by atoms with E-state index in [1.54, 1.807) is 54.6 Å². The number of amides is 2. The third-order valence-electron chi connectivity index (χ3n) is 5.68. The highest BCUT2D eigenvalue weighted by atomic mass is 35.5. The Kier molecular flexibility index (Phi) is 13.0. The SMILES string of the molecule is CC(C)Oc1ccc(/C=C(/NC(=O)c2ccc(OCCc3ccc(N(C)C)cc3)cc2)C(=O)NCCO)cc1.Cl. The first kappa shape index (κ1) is 32.2. The fraction of sp³-hybridized carbons (Fsp3) is 0.290. The Labute approximate surface area is 242 Å². The van der Waals surface area contributed by atoms with Crippen molar-refractivity contribution in [2.45, 2.75) is 26.4 Å². The Balaban J connectivity index is 0.00000560. The Morgan fingerprint density at radius 2 is 1.55 bits per heavy atom. The minimum Gasteiger partial charge on any atom is -0.493 e. The van der Waals surface area contributed by atoms with Crippen LogP contribution in [0.15, 0.2) is 78.5 Å². The van der Waals surface area contributed by atoms with Crippen LogP contribution in [0.25, 0.3) is 6.08 Å². The van der Waals surface area contributed by atoms with Gasteiger partial charge in [-0.3, -0.25) is 9.59 Å². The van der Waals surface area contributed by atoms with Gasteiger partial charge in [-0.1, -0.05) is 24.3 Å². The second-order valence-electron chi connectivity index (χ2n) is 9.41. The second kappa shape index (κ2) is 16.2. The number of hydrogen-bond donors (Lipinski definition) is 3. The number of aliphatic hydroxyl groups is 1. The lowest BCUT2D eigenvalue weighted by molar-refractivity contribution is -0.117. The zero-order valence-electron chi connectivity index (χ0n) is 23.3. The van der Waals surface area contributed by atoms with E-state index in [-0.39, 0.29) is 37.4 Å². The van der Waals surface area contributed by atoms with Gasteiger partial charge in [0, 0.05) is 38.3 Å². The number of ether oxygens (including phenoxy) is 2. The second-order valence-corrected chi connectivity index (χ2v) is 9.41. The molecule has 0 aliphatic carbocycles. The quantitative estimate of drug-likeness (QED) is 0.264. The van der Waals surface area contributed by atoms with Crippen molar-refractivity contribution in [2.24, 2.45) is 0 Å². The van der Waals surface area contributed by atoms with E-state index in [4.69, 9.17) is 14.6 Å². The molecule has 0 heterocycles. The molecule has 40 heavy (non-hydrogen) atoms. The van der Waals surface area contributed by atoms with Gasteiger partial charge in [-0.25, -0.2) is 0 Å². The number of nitrogens with one attached hydrogen (secondary N) is 2. The van der Waals surface area contributed by atoms with Crippen LogP contribution in [-0.2, 0) is 11.2 Å². The maximum Gasteiger partial charge on any atom is 0.267 e. The summed E-state index contributed by atoms with van der Waals surface area (Å²) in [6, 6.07) is 22.3. The molecule has 0 bridgehead atoms. The van der Waals surface area contributed by atoms with Crippen LogP contribution in [0, 0.1) is 0 Å². The highest BCUT2D eigenvalue weighted by molar-refractivity contribution is 6.05. The summed E-state index contributed by atoms with van der Waals surface area (Å²) in [6.07, 6.45) is 2.38. The van der Waals surface area contributed by atoms with Crippen molar-refractivity contribution < 1.29 is 24.2 Å². The molecule has 0 spiro atoms. The maximum absolute atomic E-state index is 12.9. The molecule has 214 valence electrons. The molecular formula is C31H38ClN3O5. The van der Waals surface area contributed by atoms with Crippen molar-refractivity contribution in [3.8, 4) is 11.5 Å². The van der Waals surface area contributed by atoms with Gasteiger partial charge in [0.05, 0.1) is 19.3 Å². The van der Waals surface area contributed by atoms with E-state index in [1.165, 1.54) is 5.56 Å². The van der Waals surface area contributed by atoms with Gasteiger partial charge in [-0.15, -0.1) is 12.4 Å².